The molecule has 7 nitrogen and oxygen atoms in total. The van der Waals surface area contributed by atoms with Crippen LogP contribution in [0.25, 0.3) is 0 Å². The van der Waals surface area contributed by atoms with Crippen molar-refractivity contribution >= 4 is 27.3 Å². The van der Waals surface area contributed by atoms with Crippen molar-refractivity contribution in [3.8, 4) is 0 Å². The second kappa shape index (κ2) is 7.20. The van der Waals surface area contributed by atoms with Gasteiger partial charge >= 0.3 is 6.18 Å². The quantitative estimate of drug-likeness (QED) is 0.816. The van der Waals surface area contributed by atoms with Crippen LogP contribution in [0.5, 0.6) is 0 Å². The van der Waals surface area contributed by atoms with Crippen molar-refractivity contribution in [1.82, 2.24) is 4.57 Å². The molecule has 1 aromatic carbocycles. The number of carbonyl (C=O) groups excluding carboxylic acids is 1. The lowest BCUT2D eigenvalue weighted by Gasteiger charge is -2.11. The van der Waals surface area contributed by atoms with E-state index in [1.54, 1.807) is 0 Å². The van der Waals surface area contributed by atoms with Gasteiger partial charge in [-0.15, -0.1) is 0 Å². The summed E-state index contributed by atoms with van der Waals surface area (Å²) in [5.74, 6) is -0.713. The third-order valence-electron chi connectivity index (χ3n) is 3.10. The number of nitrogens with zero attached hydrogens (tertiary/aromatic N) is 1. The Morgan fingerprint density at radius 2 is 1.65 bits per heavy atom. The molecule has 1 heterocycles. The Balaban J connectivity index is 2.08. The molecule has 0 aliphatic carbocycles. The molecule has 0 saturated carbocycles. The van der Waals surface area contributed by atoms with Gasteiger partial charge in [-0.05, 0) is 30.3 Å². The number of aromatic nitrogens is 1. The Labute approximate surface area is 146 Å². The standard InChI is InChI=1S/C15H14F3N3O4S/c1-26(24,25)20-12-5-3-11(4-6-12)19-13(22)9-21-8-10(15(16,17)18)2-7-14(21)23/h2-8,20H,9H2,1H3,(H,19,22). The Morgan fingerprint density at radius 1 is 1.08 bits per heavy atom. The van der Waals surface area contributed by atoms with Gasteiger partial charge in [-0.25, -0.2) is 8.42 Å². The average Bonchev–Trinajstić information content (AvgIpc) is 2.49. The number of benzene rings is 1. The summed E-state index contributed by atoms with van der Waals surface area (Å²) in [5, 5.41) is 2.41. The lowest BCUT2D eigenvalue weighted by atomic mass is 10.2. The van der Waals surface area contributed by atoms with E-state index in [-0.39, 0.29) is 11.4 Å². The molecule has 2 rings (SSSR count). The molecule has 0 unspecified atom stereocenters. The van der Waals surface area contributed by atoms with Gasteiger partial charge in [0.05, 0.1) is 11.8 Å². The minimum Gasteiger partial charge on any atom is -0.325 e. The predicted octanol–water partition coefficient (Wildman–Crippen LogP) is 1.88. The molecule has 0 aliphatic heterocycles. The maximum absolute atomic E-state index is 12.7. The van der Waals surface area contributed by atoms with Gasteiger partial charge < -0.3 is 9.88 Å². The summed E-state index contributed by atoms with van der Waals surface area (Å²) in [6.07, 6.45) is -3.08. The van der Waals surface area contributed by atoms with Crippen LogP contribution in [0.15, 0.2) is 47.4 Å². The summed E-state index contributed by atoms with van der Waals surface area (Å²) in [4.78, 5) is 23.6. The monoisotopic (exact) mass is 389 g/mol. The molecule has 140 valence electrons. The van der Waals surface area contributed by atoms with Crippen LogP contribution in [0.3, 0.4) is 0 Å². The Hall–Kier alpha value is -2.82. The predicted molar refractivity (Wildman–Crippen MR) is 89.2 cm³/mol. The SMILES string of the molecule is CS(=O)(=O)Nc1ccc(NC(=O)Cn2cc(C(F)(F)F)ccc2=O)cc1. The number of hydrogen-bond acceptors (Lipinski definition) is 4. The molecular weight excluding hydrogens is 375 g/mol. The van der Waals surface area contributed by atoms with Crippen LogP contribution >= 0.6 is 0 Å². The van der Waals surface area contributed by atoms with Crippen LogP contribution in [0, 0.1) is 0 Å². The number of hydrogen-bond donors (Lipinski definition) is 2. The van der Waals surface area contributed by atoms with Crippen LogP contribution in [-0.4, -0.2) is 25.1 Å². The molecule has 0 atom stereocenters. The zero-order valence-electron chi connectivity index (χ0n) is 13.4. The highest BCUT2D eigenvalue weighted by Gasteiger charge is 2.31. The van der Waals surface area contributed by atoms with Gasteiger partial charge in [0, 0.05) is 23.6 Å². The summed E-state index contributed by atoms with van der Waals surface area (Å²) in [7, 11) is -3.44. The van der Waals surface area contributed by atoms with E-state index >= 15 is 0 Å². The molecule has 0 radical (unpaired) electrons. The molecule has 1 amide bonds. The molecule has 0 saturated heterocycles. The Kier molecular flexibility index (Phi) is 5.40. The van der Waals surface area contributed by atoms with Gasteiger partial charge in [-0.1, -0.05) is 0 Å². The number of halogens is 3. The number of alkyl halides is 3. The van der Waals surface area contributed by atoms with Crippen LogP contribution in [-0.2, 0) is 27.5 Å². The zero-order valence-corrected chi connectivity index (χ0v) is 14.2. The van der Waals surface area contributed by atoms with E-state index in [9.17, 15) is 31.2 Å². The number of sulfonamides is 1. The molecular formula is C15H14F3N3O4S. The molecule has 0 spiro atoms. The number of pyridine rings is 1. The van der Waals surface area contributed by atoms with Crippen molar-refractivity contribution in [1.29, 1.82) is 0 Å². The highest BCUT2D eigenvalue weighted by Crippen LogP contribution is 2.28. The van der Waals surface area contributed by atoms with Gasteiger partial charge in [0.25, 0.3) is 5.56 Å². The Bertz CT molecular complexity index is 967. The van der Waals surface area contributed by atoms with Crippen molar-refractivity contribution in [3.05, 3.63) is 58.5 Å². The van der Waals surface area contributed by atoms with Crippen molar-refractivity contribution in [3.63, 3.8) is 0 Å². The first-order valence-electron chi connectivity index (χ1n) is 7.09. The largest absolute Gasteiger partial charge is 0.417 e. The number of rotatable bonds is 5. The summed E-state index contributed by atoms with van der Waals surface area (Å²) < 4.78 is 63.1. The normalized spacial score (nSPS) is 11.8. The van der Waals surface area contributed by atoms with E-state index in [1.165, 1.54) is 24.3 Å². The fourth-order valence-corrected chi connectivity index (χ4v) is 2.58. The summed E-state index contributed by atoms with van der Waals surface area (Å²) in [5.41, 5.74) is -1.23. The molecule has 11 heteroatoms. The van der Waals surface area contributed by atoms with Crippen molar-refractivity contribution in [2.75, 3.05) is 16.3 Å². The second-order valence-corrected chi connectivity index (χ2v) is 7.13. The van der Waals surface area contributed by atoms with Gasteiger partial charge in [0.1, 0.15) is 6.54 Å². The molecule has 2 N–H and O–H groups in total. The minimum absolute atomic E-state index is 0.277. The number of nitrogens with one attached hydrogen (secondary N) is 2. The van der Waals surface area contributed by atoms with E-state index in [4.69, 9.17) is 0 Å². The van der Waals surface area contributed by atoms with Gasteiger partial charge in [0.2, 0.25) is 15.9 Å². The maximum Gasteiger partial charge on any atom is 0.417 e. The molecule has 0 fully saturated rings. The molecule has 1 aromatic heterocycles. The first-order valence-corrected chi connectivity index (χ1v) is 8.98. The van der Waals surface area contributed by atoms with Gasteiger partial charge in [-0.3, -0.25) is 14.3 Å². The van der Waals surface area contributed by atoms with E-state index in [0.717, 1.165) is 12.3 Å². The van der Waals surface area contributed by atoms with Crippen molar-refractivity contribution < 1.29 is 26.4 Å². The Morgan fingerprint density at radius 3 is 2.19 bits per heavy atom. The maximum atomic E-state index is 12.7. The first kappa shape index (κ1) is 19.5. The summed E-state index contributed by atoms with van der Waals surface area (Å²) in [6, 6.07) is 6.98. The highest BCUT2D eigenvalue weighted by molar-refractivity contribution is 7.92. The topological polar surface area (TPSA) is 97.3 Å². The van der Waals surface area contributed by atoms with Crippen molar-refractivity contribution in [2.45, 2.75) is 12.7 Å². The fraction of sp³-hybridized carbons (Fsp3) is 0.200. The van der Waals surface area contributed by atoms with E-state index in [1.807, 2.05) is 0 Å². The zero-order chi connectivity index (χ0) is 19.5. The van der Waals surface area contributed by atoms with Crippen LogP contribution in [0.4, 0.5) is 24.5 Å². The lowest BCUT2D eigenvalue weighted by Crippen LogP contribution is -2.28. The molecule has 26 heavy (non-hydrogen) atoms. The van der Waals surface area contributed by atoms with E-state index in [0.29, 0.717) is 16.8 Å². The third-order valence-corrected chi connectivity index (χ3v) is 3.70. The molecule has 0 bridgehead atoms. The fourth-order valence-electron chi connectivity index (χ4n) is 2.01. The van der Waals surface area contributed by atoms with Gasteiger partial charge in [-0.2, -0.15) is 13.2 Å². The second-order valence-electron chi connectivity index (χ2n) is 5.38. The minimum atomic E-state index is -4.63. The lowest BCUT2D eigenvalue weighted by molar-refractivity contribution is -0.138. The van der Waals surface area contributed by atoms with Gasteiger partial charge in [0.15, 0.2) is 0 Å². The first-order chi connectivity index (χ1) is 11.9. The molecule has 2 aromatic rings. The van der Waals surface area contributed by atoms with E-state index in [2.05, 4.69) is 10.0 Å². The highest BCUT2D eigenvalue weighted by atomic mass is 32.2. The summed E-state index contributed by atoms with van der Waals surface area (Å²) in [6.45, 7) is -0.605. The summed E-state index contributed by atoms with van der Waals surface area (Å²) >= 11 is 0. The number of carbonyl (C=O) groups is 1. The average molecular weight is 389 g/mol. The third kappa shape index (κ3) is 5.62. The smallest absolute Gasteiger partial charge is 0.325 e. The van der Waals surface area contributed by atoms with Crippen LogP contribution in [0.1, 0.15) is 5.56 Å². The van der Waals surface area contributed by atoms with Crippen molar-refractivity contribution in [2.24, 2.45) is 0 Å². The number of anilines is 2. The van der Waals surface area contributed by atoms with E-state index < -0.39 is 39.8 Å². The van der Waals surface area contributed by atoms with Crippen LogP contribution < -0.4 is 15.6 Å². The van der Waals surface area contributed by atoms with Crippen LogP contribution in [0.2, 0.25) is 0 Å². The number of amides is 1. The molecule has 0 aliphatic rings.